The number of carbonyl (C=O) groups excluding carboxylic acids is 1. The Kier molecular flexibility index (Phi) is 7.08. The van der Waals surface area contributed by atoms with Crippen LogP contribution in [0.5, 0.6) is 11.5 Å². The third-order valence-corrected chi connectivity index (χ3v) is 4.79. The summed E-state index contributed by atoms with van der Waals surface area (Å²) in [6, 6.07) is 3.52. The van der Waals surface area contributed by atoms with Gasteiger partial charge in [-0.15, -0.1) is 0 Å². The van der Waals surface area contributed by atoms with Crippen molar-refractivity contribution in [1.82, 2.24) is 15.1 Å². The summed E-state index contributed by atoms with van der Waals surface area (Å²) < 4.78 is 10.7. The van der Waals surface area contributed by atoms with Crippen LogP contribution in [0.4, 0.5) is 0 Å². The van der Waals surface area contributed by atoms with Crippen molar-refractivity contribution < 1.29 is 14.3 Å². The van der Waals surface area contributed by atoms with E-state index in [1.165, 1.54) is 0 Å². The van der Waals surface area contributed by atoms with Gasteiger partial charge in [-0.25, -0.2) is 0 Å². The molecular weight excluding hydrogens is 318 g/mol. The van der Waals surface area contributed by atoms with Crippen molar-refractivity contribution in [3.8, 4) is 11.5 Å². The fourth-order valence-electron chi connectivity index (χ4n) is 3.12. The number of likely N-dealkylation sites (N-methyl/N-ethyl adjacent to an activating group) is 1. The molecule has 0 aromatic heterocycles. The Morgan fingerprint density at radius 3 is 2.24 bits per heavy atom. The average Bonchev–Trinajstić information content (AvgIpc) is 2.61. The van der Waals surface area contributed by atoms with E-state index in [2.05, 4.69) is 29.1 Å². The molecule has 1 aromatic rings. The fourth-order valence-corrected chi connectivity index (χ4v) is 3.12. The number of nitrogens with zero attached hydrogens (tertiary/aromatic N) is 2. The van der Waals surface area contributed by atoms with Crippen LogP contribution in [0.15, 0.2) is 12.1 Å². The number of hydrogen-bond acceptors (Lipinski definition) is 5. The molecule has 1 fully saturated rings. The standard InChI is InChI=1S/C19H31N3O3/c1-14(13-22-8-6-21(3)7-9-22)12-20-19(23)16-10-17(24-4)15(2)18(11-16)25-5/h10-11,14H,6-9,12-13H2,1-5H3,(H,20,23). The van der Waals surface area contributed by atoms with Crippen molar-refractivity contribution in [1.29, 1.82) is 0 Å². The lowest BCUT2D eigenvalue weighted by Crippen LogP contribution is -2.46. The predicted octanol–water partition coefficient (Wildman–Crippen LogP) is 1.63. The number of nitrogens with one attached hydrogen (secondary N) is 1. The SMILES string of the molecule is COc1cc(C(=O)NCC(C)CN2CCN(C)CC2)cc(OC)c1C. The molecule has 1 heterocycles. The van der Waals surface area contributed by atoms with Gasteiger partial charge in [0.15, 0.2) is 0 Å². The topological polar surface area (TPSA) is 54.0 Å². The number of carbonyl (C=O) groups is 1. The maximum Gasteiger partial charge on any atom is 0.251 e. The predicted molar refractivity (Wildman–Crippen MR) is 99.7 cm³/mol. The Morgan fingerprint density at radius 2 is 1.72 bits per heavy atom. The first-order valence-corrected chi connectivity index (χ1v) is 8.86. The molecule has 1 aliphatic rings. The molecule has 1 amide bonds. The first-order valence-electron chi connectivity index (χ1n) is 8.86. The maximum atomic E-state index is 12.5. The molecule has 25 heavy (non-hydrogen) atoms. The van der Waals surface area contributed by atoms with Gasteiger partial charge in [-0.3, -0.25) is 4.79 Å². The molecule has 6 nitrogen and oxygen atoms in total. The Bertz CT molecular complexity index is 558. The first-order chi connectivity index (χ1) is 11.9. The van der Waals surface area contributed by atoms with Crippen LogP contribution in [0.25, 0.3) is 0 Å². The zero-order valence-electron chi connectivity index (χ0n) is 16.1. The zero-order valence-corrected chi connectivity index (χ0v) is 16.1. The van der Waals surface area contributed by atoms with Crippen molar-refractivity contribution in [2.45, 2.75) is 13.8 Å². The molecular formula is C19H31N3O3. The Morgan fingerprint density at radius 1 is 1.16 bits per heavy atom. The molecule has 1 aliphatic heterocycles. The number of piperazine rings is 1. The van der Waals surface area contributed by atoms with Crippen LogP contribution < -0.4 is 14.8 Å². The van der Waals surface area contributed by atoms with Gasteiger partial charge in [0.25, 0.3) is 5.91 Å². The molecule has 1 unspecified atom stereocenters. The molecule has 0 radical (unpaired) electrons. The van der Waals surface area contributed by atoms with Gasteiger partial charge in [0, 0.05) is 50.4 Å². The summed E-state index contributed by atoms with van der Waals surface area (Å²) in [6.45, 7) is 10.2. The highest BCUT2D eigenvalue weighted by atomic mass is 16.5. The van der Waals surface area contributed by atoms with E-state index in [9.17, 15) is 4.79 Å². The highest BCUT2D eigenvalue weighted by Gasteiger charge is 2.18. The van der Waals surface area contributed by atoms with Gasteiger partial charge in [0.05, 0.1) is 14.2 Å². The highest BCUT2D eigenvalue weighted by molar-refractivity contribution is 5.95. The molecule has 1 aromatic carbocycles. The van der Waals surface area contributed by atoms with Crippen LogP contribution in [0, 0.1) is 12.8 Å². The second kappa shape index (κ2) is 9.06. The van der Waals surface area contributed by atoms with Crippen molar-refractivity contribution in [3.05, 3.63) is 23.3 Å². The molecule has 0 spiro atoms. The lowest BCUT2D eigenvalue weighted by Gasteiger charge is -2.33. The van der Waals surface area contributed by atoms with E-state index in [0.29, 0.717) is 29.5 Å². The summed E-state index contributed by atoms with van der Waals surface area (Å²) >= 11 is 0. The van der Waals surface area contributed by atoms with Crippen LogP contribution in [-0.4, -0.2) is 76.2 Å². The Balaban J connectivity index is 1.89. The van der Waals surface area contributed by atoms with Crippen LogP contribution >= 0.6 is 0 Å². The molecule has 0 saturated carbocycles. The van der Waals surface area contributed by atoms with Gasteiger partial charge in [-0.1, -0.05) is 6.92 Å². The Hall–Kier alpha value is -1.79. The minimum Gasteiger partial charge on any atom is -0.496 e. The molecule has 1 N–H and O–H groups in total. The van der Waals surface area contributed by atoms with Gasteiger partial charge < -0.3 is 24.6 Å². The van der Waals surface area contributed by atoms with Crippen molar-refractivity contribution in [2.24, 2.45) is 5.92 Å². The molecule has 140 valence electrons. The second-order valence-corrected chi connectivity index (χ2v) is 6.92. The number of hydrogen-bond donors (Lipinski definition) is 1. The lowest BCUT2D eigenvalue weighted by molar-refractivity contribution is 0.0937. The lowest BCUT2D eigenvalue weighted by atomic mass is 10.1. The summed E-state index contributed by atoms with van der Waals surface area (Å²) in [6.07, 6.45) is 0. The average molecular weight is 349 g/mol. The summed E-state index contributed by atoms with van der Waals surface area (Å²) in [5.74, 6) is 1.63. The number of rotatable bonds is 7. The number of methoxy groups -OCH3 is 2. The smallest absolute Gasteiger partial charge is 0.251 e. The molecule has 1 atom stereocenters. The summed E-state index contributed by atoms with van der Waals surface area (Å²) in [5.41, 5.74) is 1.45. The van der Waals surface area contributed by atoms with Gasteiger partial charge in [-0.2, -0.15) is 0 Å². The minimum absolute atomic E-state index is 0.0955. The largest absolute Gasteiger partial charge is 0.496 e. The van der Waals surface area contributed by atoms with Crippen LogP contribution in [0.2, 0.25) is 0 Å². The molecule has 0 bridgehead atoms. The van der Waals surface area contributed by atoms with E-state index < -0.39 is 0 Å². The maximum absolute atomic E-state index is 12.5. The van der Waals surface area contributed by atoms with Crippen LogP contribution in [0.3, 0.4) is 0 Å². The van der Waals surface area contributed by atoms with Gasteiger partial charge in [-0.05, 0) is 32.0 Å². The first kappa shape index (κ1) is 19.5. The van der Waals surface area contributed by atoms with E-state index in [1.54, 1.807) is 26.4 Å². The quantitative estimate of drug-likeness (QED) is 0.811. The van der Waals surface area contributed by atoms with Gasteiger partial charge >= 0.3 is 0 Å². The summed E-state index contributed by atoms with van der Waals surface area (Å²) in [7, 11) is 5.36. The monoisotopic (exact) mass is 349 g/mol. The summed E-state index contributed by atoms with van der Waals surface area (Å²) in [4.78, 5) is 17.3. The van der Waals surface area contributed by atoms with Crippen LogP contribution in [0.1, 0.15) is 22.8 Å². The van der Waals surface area contributed by atoms with Crippen LogP contribution in [-0.2, 0) is 0 Å². The number of ether oxygens (including phenoxy) is 2. The number of benzene rings is 1. The fraction of sp³-hybridized carbons (Fsp3) is 0.632. The second-order valence-electron chi connectivity index (χ2n) is 6.92. The van der Waals surface area contributed by atoms with E-state index in [0.717, 1.165) is 38.3 Å². The third-order valence-electron chi connectivity index (χ3n) is 4.79. The molecule has 1 saturated heterocycles. The van der Waals surface area contributed by atoms with Crippen molar-refractivity contribution in [3.63, 3.8) is 0 Å². The molecule has 0 aliphatic carbocycles. The van der Waals surface area contributed by atoms with Gasteiger partial charge in [0.2, 0.25) is 0 Å². The highest BCUT2D eigenvalue weighted by Crippen LogP contribution is 2.29. The normalized spacial score (nSPS) is 17.2. The third kappa shape index (κ3) is 5.34. The van der Waals surface area contributed by atoms with E-state index >= 15 is 0 Å². The van der Waals surface area contributed by atoms with Gasteiger partial charge in [0.1, 0.15) is 11.5 Å². The van der Waals surface area contributed by atoms with E-state index in [4.69, 9.17) is 9.47 Å². The molecule has 6 heteroatoms. The summed E-state index contributed by atoms with van der Waals surface area (Å²) in [5, 5.41) is 3.03. The molecule has 2 rings (SSSR count). The zero-order chi connectivity index (χ0) is 18.4. The number of amides is 1. The van der Waals surface area contributed by atoms with Crippen molar-refractivity contribution in [2.75, 3.05) is 60.5 Å². The van der Waals surface area contributed by atoms with E-state index in [1.807, 2.05) is 6.92 Å². The minimum atomic E-state index is -0.0955. The Labute approximate surface area is 151 Å². The van der Waals surface area contributed by atoms with Crippen molar-refractivity contribution >= 4 is 5.91 Å². The van der Waals surface area contributed by atoms with E-state index in [-0.39, 0.29) is 5.91 Å².